The van der Waals surface area contributed by atoms with Crippen molar-refractivity contribution in [1.82, 2.24) is 10.2 Å². The number of aliphatic carboxylic acids is 1. The van der Waals surface area contributed by atoms with Crippen molar-refractivity contribution in [2.24, 2.45) is 5.92 Å². The van der Waals surface area contributed by atoms with Gasteiger partial charge in [-0.3, -0.25) is 24.6 Å². The minimum Gasteiger partial charge on any atom is -0.481 e. The Morgan fingerprint density at radius 2 is 2.27 bits per heavy atom. The number of carboxylic acids is 1. The third-order valence-electron chi connectivity index (χ3n) is 2.46. The van der Waals surface area contributed by atoms with Crippen molar-refractivity contribution in [3.05, 3.63) is 0 Å². The van der Waals surface area contributed by atoms with Crippen LogP contribution in [0.2, 0.25) is 0 Å². The van der Waals surface area contributed by atoms with Gasteiger partial charge in [0.2, 0.25) is 11.8 Å². The second kappa shape index (κ2) is 4.39. The molecule has 1 rings (SSSR count). The molecule has 2 unspecified atom stereocenters. The van der Waals surface area contributed by atoms with E-state index in [1.54, 1.807) is 18.9 Å². The van der Waals surface area contributed by atoms with Gasteiger partial charge in [-0.1, -0.05) is 6.92 Å². The SMILES string of the molecule is CC(CN(C)C1CC(=O)NC1=O)C(=O)O. The first-order chi connectivity index (χ1) is 6.91. The molecule has 1 aliphatic heterocycles. The smallest absolute Gasteiger partial charge is 0.307 e. The first-order valence-electron chi connectivity index (χ1n) is 4.68. The average molecular weight is 214 g/mol. The molecular weight excluding hydrogens is 200 g/mol. The molecule has 0 bridgehead atoms. The summed E-state index contributed by atoms with van der Waals surface area (Å²) in [6.45, 7) is 1.81. The van der Waals surface area contributed by atoms with Crippen molar-refractivity contribution in [2.45, 2.75) is 19.4 Å². The summed E-state index contributed by atoms with van der Waals surface area (Å²) in [6, 6.07) is -0.528. The van der Waals surface area contributed by atoms with Gasteiger partial charge in [-0.15, -0.1) is 0 Å². The van der Waals surface area contributed by atoms with Crippen LogP contribution in [-0.4, -0.2) is 47.4 Å². The topological polar surface area (TPSA) is 86.7 Å². The zero-order chi connectivity index (χ0) is 11.6. The summed E-state index contributed by atoms with van der Waals surface area (Å²) in [5, 5.41) is 10.9. The molecule has 0 aromatic carbocycles. The second-order valence-electron chi connectivity index (χ2n) is 3.81. The van der Waals surface area contributed by atoms with Crippen molar-refractivity contribution >= 4 is 17.8 Å². The van der Waals surface area contributed by atoms with Gasteiger partial charge in [0.15, 0.2) is 0 Å². The Kier molecular flexibility index (Phi) is 3.41. The fourth-order valence-electron chi connectivity index (χ4n) is 1.53. The molecule has 0 spiro atoms. The summed E-state index contributed by atoms with van der Waals surface area (Å²) >= 11 is 0. The van der Waals surface area contributed by atoms with Gasteiger partial charge in [0.05, 0.1) is 18.4 Å². The van der Waals surface area contributed by atoms with Gasteiger partial charge >= 0.3 is 5.97 Å². The first kappa shape index (κ1) is 11.6. The van der Waals surface area contributed by atoms with Gasteiger partial charge in [-0.2, -0.15) is 0 Å². The van der Waals surface area contributed by atoms with Gasteiger partial charge in [0, 0.05) is 6.54 Å². The van der Waals surface area contributed by atoms with Crippen molar-refractivity contribution in [1.29, 1.82) is 0 Å². The quantitative estimate of drug-likeness (QED) is 0.589. The molecule has 0 saturated carbocycles. The predicted octanol–water partition coefficient (Wildman–Crippen LogP) is -0.946. The van der Waals surface area contributed by atoms with Crippen molar-refractivity contribution < 1.29 is 19.5 Å². The van der Waals surface area contributed by atoms with Gasteiger partial charge < -0.3 is 5.11 Å². The number of carboxylic acid groups (broad SMARTS) is 1. The lowest BCUT2D eigenvalue weighted by molar-refractivity contribution is -0.142. The number of nitrogens with one attached hydrogen (secondary N) is 1. The average Bonchev–Trinajstić information content (AvgIpc) is 2.44. The normalized spacial score (nSPS) is 23.0. The third kappa shape index (κ3) is 2.76. The number of carbonyl (C=O) groups excluding carboxylic acids is 2. The highest BCUT2D eigenvalue weighted by molar-refractivity contribution is 6.05. The van der Waals surface area contributed by atoms with E-state index in [-0.39, 0.29) is 24.8 Å². The summed E-state index contributed by atoms with van der Waals surface area (Å²) in [5.41, 5.74) is 0. The lowest BCUT2D eigenvalue weighted by Gasteiger charge is -2.22. The van der Waals surface area contributed by atoms with Crippen LogP contribution < -0.4 is 5.32 Å². The van der Waals surface area contributed by atoms with Crippen LogP contribution >= 0.6 is 0 Å². The fraction of sp³-hybridized carbons (Fsp3) is 0.667. The molecule has 2 amide bonds. The molecule has 6 heteroatoms. The van der Waals surface area contributed by atoms with E-state index in [2.05, 4.69) is 5.32 Å². The van der Waals surface area contributed by atoms with Gasteiger partial charge in [0.1, 0.15) is 0 Å². The minimum absolute atomic E-state index is 0.113. The molecule has 1 heterocycles. The molecule has 0 aliphatic carbocycles. The van der Waals surface area contributed by atoms with Gasteiger partial charge in [-0.25, -0.2) is 0 Å². The molecule has 84 valence electrons. The molecule has 0 aromatic rings. The first-order valence-corrected chi connectivity index (χ1v) is 4.68. The molecule has 6 nitrogen and oxygen atoms in total. The number of nitrogens with zero attached hydrogens (tertiary/aromatic N) is 1. The minimum atomic E-state index is -0.911. The fourth-order valence-corrected chi connectivity index (χ4v) is 1.53. The van der Waals surface area contributed by atoms with Crippen LogP contribution in [0.4, 0.5) is 0 Å². The Morgan fingerprint density at radius 1 is 1.67 bits per heavy atom. The van der Waals surface area contributed by atoms with E-state index in [4.69, 9.17) is 5.11 Å². The maximum atomic E-state index is 11.3. The molecule has 2 atom stereocenters. The highest BCUT2D eigenvalue weighted by Gasteiger charge is 2.34. The van der Waals surface area contributed by atoms with Crippen LogP contribution in [0.15, 0.2) is 0 Å². The summed E-state index contributed by atoms with van der Waals surface area (Å²) in [4.78, 5) is 34.4. The number of amides is 2. The molecule has 1 aliphatic rings. The van der Waals surface area contributed by atoms with Crippen LogP contribution in [0.1, 0.15) is 13.3 Å². The maximum absolute atomic E-state index is 11.3. The lowest BCUT2D eigenvalue weighted by Crippen LogP contribution is -2.41. The van der Waals surface area contributed by atoms with E-state index in [1.807, 2.05) is 0 Å². The highest BCUT2D eigenvalue weighted by atomic mass is 16.4. The van der Waals surface area contributed by atoms with E-state index < -0.39 is 17.9 Å². The van der Waals surface area contributed by atoms with Gasteiger partial charge in [-0.05, 0) is 7.05 Å². The summed E-state index contributed by atoms with van der Waals surface area (Å²) in [7, 11) is 1.64. The predicted molar refractivity (Wildman–Crippen MR) is 51.0 cm³/mol. The largest absolute Gasteiger partial charge is 0.481 e. The van der Waals surface area contributed by atoms with Crippen LogP contribution in [0.25, 0.3) is 0 Å². The zero-order valence-electron chi connectivity index (χ0n) is 8.69. The van der Waals surface area contributed by atoms with Crippen LogP contribution in [-0.2, 0) is 14.4 Å². The summed E-state index contributed by atoms with van der Waals surface area (Å²) in [6.07, 6.45) is 0.113. The van der Waals surface area contributed by atoms with Crippen LogP contribution in [0.5, 0.6) is 0 Å². The van der Waals surface area contributed by atoms with Gasteiger partial charge in [0.25, 0.3) is 0 Å². The standard InChI is InChI=1S/C9H14N2O4/c1-5(9(14)15)4-11(2)6-3-7(12)10-8(6)13/h5-6H,3-4H2,1-2H3,(H,14,15)(H,10,12,13). The van der Waals surface area contributed by atoms with E-state index in [0.717, 1.165) is 0 Å². The number of rotatable bonds is 4. The van der Waals surface area contributed by atoms with Crippen molar-refractivity contribution in [3.8, 4) is 0 Å². The van der Waals surface area contributed by atoms with Crippen molar-refractivity contribution in [2.75, 3.05) is 13.6 Å². The Bertz CT molecular complexity index is 302. The zero-order valence-corrected chi connectivity index (χ0v) is 8.69. The summed E-state index contributed by atoms with van der Waals surface area (Å²) < 4.78 is 0. The highest BCUT2D eigenvalue weighted by Crippen LogP contribution is 2.11. The molecule has 0 radical (unpaired) electrons. The molecule has 2 N–H and O–H groups in total. The molecule has 1 fully saturated rings. The van der Waals surface area contributed by atoms with E-state index in [0.29, 0.717) is 0 Å². The molecule has 1 saturated heterocycles. The number of hydrogen-bond acceptors (Lipinski definition) is 4. The Balaban J connectivity index is 2.54. The number of likely N-dealkylation sites (N-methyl/N-ethyl adjacent to an activating group) is 1. The second-order valence-corrected chi connectivity index (χ2v) is 3.81. The van der Waals surface area contributed by atoms with E-state index in [9.17, 15) is 14.4 Å². The van der Waals surface area contributed by atoms with Crippen LogP contribution in [0, 0.1) is 5.92 Å². The van der Waals surface area contributed by atoms with E-state index >= 15 is 0 Å². The number of carbonyl (C=O) groups is 3. The monoisotopic (exact) mass is 214 g/mol. The molecular formula is C9H14N2O4. The Morgan fingerprint density at radius 3 is 2.67 bits per heavy atom. The molecule has 0 aromatic heterocycles. The Labute approximate surface area is 87.2 Å². The molecule has 15 heavy (non-hydrogen) atoms. The van der Waals surface area contributed by atoms with Crippen molar-refractivity contribution in [3.63, 3.8) is 0 Å². The third-order valence-corrected chi connectivity index (χ3v) is 2.46. The lowest BCUT2D eigenvalue weighted by atomic mass is 10.1. The summed E-state index contributed by atoms with van der Waals surface area (Å²) in [5.74, 6) is -2.12. The number of imide groups is 1. The van der Waals surface area contributed by atoms with E-state index in [1.165, 1.54) is 0 Å². The Hall–Kier alpha value is -1.43. The number of hydrogen-bond donors (Lipinski definition) is 2. The maximum Gasteiger partial charge on any atom is 0.307 e. The van der Waals surface area contributed by atoms with Crippen LogP contribution in [0.3, 0.4) is 0 Å².